The SMILES string of the molecule is COC(=O)C([C@@H]1C=C[C@H](N(OC)C(C)=O)C1)S(=O)(=O)c1ccccc1. The molecule has 1 unspecified atom stereocenters. The van der Waals surface area contributed by atoms with Crippen LogP contribution in [0.2, 0.25) is 0 Å². The third-order valence-corrected chi connectivity index (χ3v) is 6.27. The predicted molar refractivity (Wildman–Crippen MR) is 90.0 cm³/mol. The summed E-state index contributed by atoms with van der Waals surface area (Å²) in [6.07, 6.45) is 3.55. The van der Waals surface area contributed by atoms with E-state index < -0.39 is 33.0 Å². The third kappa shape index (κ3) is 3.91. The van der Waals surface area contributed by atoms with Gasteiger partial charge in [0.05, 0.1) is 25.2 Å². The maximum absolute atomic E-state index is 13.0. The molecule has 3 atom stereocenters. The molecule has 136 valence electrons. The molecule has 1 aliphatic rings. The van der Waals surface area contributed by atoms with Gasteiger partial charge in [-0.25, -0.2) is 13.5 Å². The Labute approximate surface area is 147 Å². The van der Waals surface area contributed by atoms with Gasteiger partial charge >= 0.3 is 5.97 Å². The minimum Gasteiger partial charge on any atom is -0.468 e. The first-order valence-corrected chi connectivity index (χ1v) is 9.26. The van der Waals surface area contributed by atoms with Crippen molar-refractivity contribution < 1.29 is 27.6 Å². The highest BCUT2D eigenvalue weighted by Crippen LogP contribution is 2.32. The fourth-order valence-corrected chi connectivity index (χ4v) is 4.85. The Morgan fingerprint density at radius 3 is 2.32 bits per heavy atom. The van der Waals surface area contributed by atoms with E-state index in [1.165, 1.54) is 26.2 Å². The van der Waals surface area contributed by atoms with E-state index in [0.29, 0.717) is 0 Å². The number of allylic oxidation sites excluding steroid dienone is 1. The van der Waals surface area contributed by atoms with E-state index in [2.05, 4.69) is 0 Å². The standard InChI is InChI=1S/C17H21NO6S/c1-12(19)18(24-3)14-10-9-13(11-14)16(17(20)23-2)25(21,22)15-7-5-4-6-8-15/h4-10,13-14,16H,11H2,1-3H3/t13-,14+,16?/m1/s1. The van der Waals surface area contributed by atoms with Gasteiger partial charge in [0.1, 0.15) is 0 Å². The zero-order chi connectivity index (χ0) is 18.6. The van der Waals surface area contributed by atoms with Crippen molar-refractivity contribution in [3.63, 3.8) is 0 Å². The average molecular weight is 367 g/mol. The third-order valence-electron chi connectivity index (χ3n) is 4.13. The van der Waals surface area contributed by atoms with Crippen molar-refractivity contribution in [2.75, 3.05) is 14.2 Å². The molecule has 2 rings (SSSR count). The zero-order valence-corrected chi connectivity index (χ0v) is 15.1. The van der Waals surface area contributed by atoms with E-state index in [9.17, 15) is 18.0 Å². The number of methoxy groups -OCH3 is 1. The minimum atomic E-state index is -3.94. The van der Waals surface area contributed by atoms with Crippen LogP contribution in [-0.4, -0.2) is 50.9 Å². The van der Waals surface area contributed by atoms with Crippen LogP contribution in [0.5, 0.6) is 0 Å². The van der Waals surface area contributed by atoms with Crippen molar-refractivity contribution in [2.45, 2.75) is 29.5 Å². The molecule has 0 aliphatic heterocycles. The van der Waals surface area contributed by atoms with E-state index in [4.69, 9.17) is 9.57 Å². The molecule has 25 heavy (non-hydrogen) atoms. The molecule has 1 aliphatic carbocycles. The van der Waals surface area contributed by atoms with Crippen LogP contribution in [0.25, 0.3) is 0 Å². The van der Waals surface area contributed by atoms with Crippen LogP contribution in [0.4, 0.5) is 0 Å². The van der Waals surface area contributed by atoms with Crippen LogP contribution < -0.4 is 0 Å². The van der Waals surface area contributed by atoms with Gasteiger partial charge in [-0.15, -0.1) is 0 Å². The normalized spacial score (nSPS) is 20.9. The van der Waals surface area contributed by atoms with Gasteiger partial charge in [-0.2, -0.15) is 0 Å². The average Bonchev–Trinajstić information content (AvgIpc) is 3.04. The topological polar surface area (TPSA) is 90.0 Å². The van der Waals surface area contributed by atoms with Crippen molar-refractivity contribution in [1.82, 2.24) is 5.06 Å². The summed E-state index contributed by atoms with van der Waals surface area (Å²) < 4.78 is 30.6. The van der Waals surface area contributed by atoms with Gasteiger partial charge in [0.25, 0.3) is 0 Å². The first-order valence-electron chi connectivity index (χ1n) is 7.72. The summed E-state index contributed by atoms with van der Waals surface area (Å²) in [4.78, 5) is 29.0. The summed E-state index contributed by atoms with van der Waals surface area (Å²) in [6.45, 7) is 1.35. The monoisotopic (exact) mass is 367 g/mol. The van der Waals surface area contributed by atoms with Gasteiger partial charge in [0, 0.05) is 12.8 Å². The Morgan fingerprint density at radius 1 is 1.16 bits per heavy atom. The smallest absolute Gasteiger partial charge is 0.325 e. The maximum atomic E-state index is 13.0. The van der Waals surface area contributed by atoms with Crippen LogP contribution in [0.15, 0.2) is 47.4 Å². The Morgan fingerprint density at radius 2 is 1.80 bits per heavy atom. The number of sulfone groups is 1. The van der Waals surface area contributed by atoms with Crippen LogP contribution in [-0.2, 0) is 29.0 Å². The second-order valence-corrected chi connectivity index (χ2v) is 7.75. The minimum absolute atomic E-state index is 0.0532. The lowest BCUT2D eigenvalue weighted by atomic mass is 10.0. The fourth-order valence-electron chi connectivity index (χ4n) is 3.01. The summed E-state index contributed by atoms with van der Waals surface area (Å²) in [5, 5.41) is -0.230. The number of hydrogen-bond acceptors (Lipinski definition) is 6. The van der Waals surface area contributed by atoms with Crippen LogP contribution >= 0.6 is 0 Å². The number of hydroxylamine groups is 2. The summed E-state index contributed by atoms with van der Waals surface area (Å²) >= 11 is 0. The highest BCUT2D eigenvalue weighted by molar-refractivity contribution is 7.92. The van der Waals surface area contributed by atoms with E-state index >= 15 is 0 Å². The van der Waals surface area contributed by atoms with Gasteiger partial charge in [0.15, 0.2) is 15.1 Å². The number of ether oxygens (including phenoxy) is 1. The number of carbonyl (C=O) groups is 2. The zero-order valence-electron chi connectivity index (χ0n) is 14.3. The molecular weight excluding hydrogens is 346 g/mol. The molecule has 1 aromatic carbocycles. The first kappa shape index (κ1) is 19.1. The van der Waals surface area contributed by atoms with Crippen LogP contribution in [0.3, 0.4) is 0 Å². The molecule has 1 aromatic rings. The highest BCUT2D eigenvalue weighted by atomic mass is 32.2. The summed E-state index contributed by atoms with van der Waals surface area (Å²) in [7, 11) is -1.42. The van der Waals surface area contributed by atoms with Gasteiger partial charge < -0.3 is 4.74 Å². The van der Waals surface area contributed by atoms with Gasteiger partial charge in [-0.3, -0.25) is 14.4 Å². The van der Waals surface area contributed by atoms with Crippen molar-refractivity contribution in [3.05, 3.63) is 42.5 Å². The number of nitrogens with zero attached hydrogens (tertiary/aromatic N) is 1. The van der Waals surface area contributed by atoms with Crippen molar-refractivity contribution >= 4 is 21.7 Å². The summed E-state index contributed by atoms with van der Waals surface area (Å²) in [5.74, 6) is -1.76. The predicted octanol–water partition coefficient (Wildman–Crippen LogP) is 1.36. The summed E-state index contributed by atoms with van der Waals surface area (Å²) in [5.41, 5.74) is 0. The maximum Gasteiger partial charge on any atom is 0.325 e. The lowest BCUT2D eigenvalue weighted by Gasteiger charge is -2.26. The molecule has 0 heterocycles. The Balaban J connectivity index is 2.33. The van der Waals surface area contributed by atoms with Crippen LogP contribution in [0, 0.1) is 5.92 Å². The van der Waals surface area contributed by atoms with Crippen molar-refractivity contribution in [2.24, 2.45) is 5.92 Å². The molecule has 0 N–H and O–H groups in total. The van der Waals surface area contributed by atoms with E-state index in [0.717, 1.165) is 12.2 Å². The van der Waals surface area contributed by atoms with Crippen molar-refractivity contribution in [3.8, 4) is 0 Å². The second-order valence-electron chi connectivity index (χ2n) is 5.68. The Bertz CT molecular complexity index is 759. The first-order chi connectivity index (χ1) is 11.8. The lowest BCUT2D eigenvalue weighted by molar-refractivity contribution is -0.181. The second kappa shape index (κ2) is 7.79. The molecule has 0 saturated carbocycles. The molecule has 0 spiro atoms. The summed E-state index contributed by atoms with van der Waals surface area (Å²) in [6, 6.07) is 7.33. The molecule has 7 nitrogen and oxygen atoms in total. The lowest BCUT2D eigenvalue weighted by Crippen LogP contribution is -2.40. The van der Waals surface area contributed by atoms with Gasteiger partial charge in [-0.1, -0.05) is 30.4 Å². The van der Waals surface area contributed by atoms with Crippen LogP contribution in [0.1, 0.15) is 13.3 Å². The van der Waals surface area contributed by atoms with Gasteiger partial charge in [0.2, 0.25) is 5.91 Å². The molecule has 0 saturated heterocycles. The number of carbonyl (C=O) groups excluding carboxylic acids is 2. The highest BCUT2D eigenvalue weighted by Gasteiger charge is 2.43. The van der Waals surface area contributed by atoms with Crippen molar-refractivity contribution in [1.29, 1.82) is 0 Å². The number of rotatable bonds is 6. The fraction of sp³-hybridized carbons (Fsp3) is 0.412. The molecular formula is C17H21NO6S. The number of hydrogen-bond donors (Lipinski definition) is 0. The Kier molecular flexibility index (Phi) is 5.97. The van der Waals surface area contributed by atoms with E-state index in [-0.39, 0.29) is 17.2 Å². The molecule has 1 amide bonds. The van der Waals surface area contributed by atoms with E-state index in [1.807, 2.05) is 0 Å². The number of benzene rings is 1. The number of amides is 1. The molecule has 0 aromatic heterocycles. The molecule has 0 radical (unpaired) electrons. The Hall–Kier alpha value is -2.19. The van der Waals surface area contributed by atoms with E-state index in [1.54, 1.807) is 30.4 Å². The molecule has 0 bridgehead atoms. The molecule has 8 heteroatoms. The largest absolute Gasteiger partial charge is 0.468 e. The quantitative estimate of drug-likeness (QED) is 0.428. The molecule has 0 fully saturated rings. The van der Waals surface area contributed by atoms with Gasteiger partial charge in [-0.05, 0) is 18.6 Å². The number of esters is 1.